The highest BCUT2D eigenvalue weighted by molar-refractivity contribution is 5.84. The number of aromatic nitrogens is 2. The number of nitrogens with zero attached hydrogens (tertiary/aromatic N) is 4. The van der Waals surface area contributed by atoms with Crippen LogP contribution >= 0.6 is 0 Å². The molecule has 0 aromatic carbocycles. The third-order valence-electron chi connectivity index (χ3n) is 4.99. The van der Waals surface area contributed by atoms with Crippen molar-refractivity contribution in [3.63, 3.8) is 0 Å². The molecule has 0 N–H and O–H groups in total. The maximum absolute atomic E-state index is 12.8. The summed E-state index contributed by atoms with van der Waals surface area (Å²) in [5.74, 6) is -0.152. The molecule has 2 aliphatic heterocycles. The Morgan fingerprint density at radius 3 is 2.39 bits per heavy atom. The number of halogens is 1. The summed E-state index contributed by atoms with van der Waals surface area (Å²) in [5, 5.41) is 0. The van der Waals surface area contributed by atoms with Crippen molar-refractivity contribution in [1.82, 2.24) is 19.8 Å². The van der Waals surface area contributed by atoms with Gasteiger partial charge in [0.1, 0.15) is 6.10 Å². The van der Waals surface area contributed by atoms with Crippen LogP contribution in [0.1, 0.15) is 32.1 Å². The standard InChI is InChI=1S/C16H21FN4O2/c17-11-9-18-16(19-10-11)23-13-3-6-20(7-4-13)14-5-8-21(15(14)22)12-1-2-12/h9-10,12-14H,1-8H2. The van der Waals surface area contributed by atoms with Crippen molar-refractivity contribution in [2.45, 2.75) is 50.3 Å². The van der Waals surface area contributed by atoms with E-state index in [9.17, 15) is 9.18 Å². The van der Waals surface area contributed by atoms with E-state index in [4.69, 9.17) is 4.74 Å². The number of carbonyl (C=O) groups excluding carboxylic acids is 1. The third-order valence-corrected chi connectivity index (χ3v) is 4.99. The average Bonchev–Trinajstić information content (AvgIpc) is 3.33. The lowest BCUT2D eigenvalue weighted by atomic mass is 10.0. The van der Waals surface area contributed by atoms with E-state index >= 15 is 0 Å². The van der Waals surface area contributed by atoms with Crippen LogP contribution in [-0.2, 0) is 4.79 Å². The topological polar surface area (TPSA) is 58.6 Å². The van der Waals surface area contributed by atoms with Crippen molar-refractivity contribution in [1.29, 1.82) is 0 Å². The minimum Gasteiger partial charge on any atom is -0.460 e. The Morgan fingerprint density at radius 1 is 1.04 bits per heavy atom. The van der Waals surface area contributed by atoms with Gasteiger partial charge in [-0.3, -0.25) is 9.69 Å². The number of hydrogen-bond acceptors (Lipinski definition) is 5. The van der Waals surface area contributed by atoms with E-state index < -0.39 is 5.82 Å². The molecule has 3 heterocycles. The van der Waals surface area contributed by atoms with Gasteiger partial charge in [0, 0.05) is 25.7 Å². The van der Waals surface area contributed by atoms with Crippen LogP contribution in [0.25, 0.3) is 0 Å². The number of piperidine rings is 1. The number of rotatable bonds is 4. The van der Waals surface area contributed by atoms with Gasteiger partial charge < -0.3 is 9.64 Å². The van der Waals surface area contributed by atoms with E-state index in [0.717, 1.165) is 51.3 Å². The minimum atomic E-state index is -0.466. The summed E-state index contributed by atoms with van der Waals surface area (Å²) in [6.45, 7) is 2.61. The molecule has 2 saturated heterocycles. The van der Waals surface area contributed by atoms with Gasteiger partial charge in [0.25, 0.3) is 0 Å². The monoisotopic (exact) mass is 320 g/mol. The molecule has 7 heteroatoms. The van der Waals surface area contributed by atoms with Gasteiger partial charge in [0.2, 0.25) is 5.91 Å². The van der Waals surface area contributed by atoms with Gasteiger partial charge in [-0.05, 0) is 32.1 Å². The van der Waals surface area contributed by atoms with E-state index in [2.05, 4.69) is 19.8 Å². The SMILES string of the molecule is O=C1C(N2CCC(Oc3ncc(F)cn3)CC2)CCN1C1CC1. The van der Waals surface area contributed by atoms with Crippen molar-refractivity contribution in [3.05, 3.63) is 18.2 Å². The molecule has 1 atom stereocenters. The summed E-state index contributed by atoms with van der Waals surface area (Å²) in [4.78, 5) is 24.5. The van der Waals surface area contributed by atoms with Crippen LogP contribution in [0, 0.1) is 5.82 Å². The Labute approximate surface area is 134 Å². The molecular formula is C16H21FN4O2. The smallest absolute Gasteiger partial charge is 0.316 e. The predicted octanol–water partition coefficient (Wildman–Crippen LogP) is 1.22. The average molecular weight is 320 g/mol. The summed E-state index contributed by atoms with van der Waals surface area (Å²) < 4.78 is 18.5. The van der Waals surface area contributed by atoms with Gasteiger partial charge in [-0.2, -0.15) is 0 Å². The molecule has 6 nitrogen and oxygen atoms in total. The lowest BCUT2D eigenvalue weighted by molar-refractivity contribution is -0.133. The molecule has 0 spiro atoms. The summed E-state index contributed by atoms with van der Waals surface area (Å²) >= 11 is 0. The first-order valence-corrected chi connectivity index (χ1v) is 8.39. The molecule has 1 amide bonds. The molecule has 1 aromatic rings. The van der Waals surface area contributed by atoms with E-state index in [0.29, 0.717) is 11.9 Å². The Balaban J connectivity index is 1.29. The fourth-order valence-corrected chi connectivity index (χ4v) is 3.59. The summed E-state index contributed by atoms with van der Waals surface area (Å²) in [6.07, 6.45) is 7.23. The van der Waals surface area contributed by atoms with Crippen LogP contribution in [0.4, 0.5) is 4.39 Å². The number of carbonyl (C=O) groups is 1. The molecule has 3 fully saturated rings. The molecule has 1 saturated carbocycles. The molecule has 1 unspecified atom stereocenters. The second-order valence-electron chi connectivity index (χ2n) is 6.60. The fraction of sp³-hybridized carbons (Fsp3) is 0.688. The molecule has 3 aliphatic rings. The van der Waals surface area contributed by atoms with Crippen molar-refractivity contribution in [2.24, 2.45) is 0 Å². The Morgan fingerprint density at radius 2 is 1.74 bits per heavy atom. The highest BCUT2D eigenvalue weighted by Gasteiger charge is 2.43. The van der Waals surface area contributed by atoms with Gasteiger partial charge >= 0.3 is 6.01 Å². The quantitative estimate of drug-likeness (QED) is 0.835. The molecule has 0 bridgehead atoms. The number of hydrogen-bond donors (Lipinski definition) is 0. The van der Waals surface area contributed by atoms with Crippen molar-refractivity contribution < 1.29 is 13.9 Å². The lowest BCUT2D eigenvalue weighted by Crippen LogP contribution is -2.47. The zero-order valence-electron chi connectivity index (χ0n) is 13.0. The lowest BCUT2D eigenvalue weighted by Gasteiger charge is -2.34. The van der Waals surface area contributed by atoms with Crippen LogP contribution in [-0.4, -0.2) is 63.5 Å². The van der Waals surface area contributed by atoms with Gasteiger partial charge in [-0.25, -0.2) is 14.4 Å². The summed E-state index contributed by atoms with van der Waals surface area (Å²) in [6, 6.07) is 0.796. The van der Waals surface area contributed by atoms with Gasteiger partial charge in [-0.15, -0.1) is 0 Å². The number of ether oxygens (including phenoxy) is 1. The van der Waals surface area contributed by atoms with Crippen LogP contribution in [0.2, 0.25) is 0 Å². The van der Waals surface area contributed by atoms with E-state index in [1.54, 1.807) is 0 Å². The number of amides is 1. The Kier molecular flexibility index (Phi) is 3.88. The summed E-state index contributed by atoms with van der Waals surface area (Å²) in [7, 11) is 0. The predicted molar refractivity (Wildman–Crippen MR) is 80.4 cm³/mol. The second-order valence-corrected chi connectivity index (χ2v) is 6.60. The van der Waals surface area contributed by atoms with E-state index in [1.807, 2.05) is 0 Å². The van der Waals surface area contributed by atoms with Crippen molar-refractivity contribution in [3.8, 4) is 6.01 Å². The van der Waals surface area contributed by atoms with E-state index in [1.165, 1.54) is 12.8 Å². The zero-order chi connectivity index (χ0) is 15.8. The van der Waals surface area contributed by atoms with Crippen molar-refractivity contribution >= 4 is 5.91 Å². The fourth-order valence-electron chi connectivity index (χ4n) is 3.59. The first-order chi connectivity index (χ1) is 11.2. The Hall–Kier alpha value is -1.76. The Bertz CT molecular complexity index is 570. The summed E-state index contributed by atoms with van der Waals surface area (Å²) in [5.41, 5.74) is 0. The maximum atomic E-state index is 12.8. The van der Waals surface area contributed by atoms with Crippen LogP contribution in [0.15, 0.2) is 12.4 Å². The van der Waals surface area contributed by atoms with Gasteiger partial charge in [-0.1, -0.05) is 0 Å². The van der Waals surface area contributed by atoms with Crippen molar-refractivity contribution in [2.75, 3.05) is 19.6 Å². The van der Waals surface area contributed by atoms with E-state index in [-0.39, 0.29) is 18.2 Å². The first-order valence-electron chi connectivity index (χ1n) is 8.39. The molecule has 124 valence electrons. The van der Waals surface area contributed by atoms with Gasteiger partial charge in [0.05, 0.1) is 18.4 Å². The zero-order valence-corrected chi connectivity index (χ0v) is 13.0. The second kappa shape index (κ2) is 6.03. The normalized spacial score (nSPS) is 26.7. The maximum Gasteiger partial charge on any atom is 0.316 e. The molecule has 23 heavy (non-hydrogen) atoms. The molecule has 4 rings (SSSR count). The van der Waals surface area contributed by atoms with Crippen LogP contribution in [0.5, 0.6) is 6.01 Å². The first kappa shape index (κ1) is 14.8. The van der Waals surface area contributed by atoms with Gasteiger partial charge in [0.15, 0.2) is 5.82 Å². The van der Waals surface area contributed by atoms with Crippen LogP contribution < -0.4 is 4.74 Å². The highest BCUT2D eigenvalue weighted by Crippen LogP contribution is 2.32. The third kappa shape index (κ3) is 3.15. The van der Waals surface area contributed by atoms with Crippen LogP contribution in [0.3, 0.4) is 0 Å². The molecule has 1 aliphatic carbocycles. The minimum absolute atomic E-state index is 0.0350. The molecular weight excluding hydrogens is 299 g/mol. The molecule has 0 radical (unpaired) electrons. The largest absolute Gasteiger partial charge is 0.460 e. The number of likely N-dealkylation sites (tertiary alicyclic amines) is 2. The molecule has 1 aromatic heterocycles. The highest BCUT2D eigenvalue weighted by atomic mass is 19.1.